The molecule has 1 heterocycles. The molecule has 136 valence electrons. The number of carboxylic acids is 1. The Balaban J connectivity index is 2.63. The smallest absolute Gasteiger partial charge is 0.323 e. The number of aromatic nitrogens is 1. The summed E-state index contributed by atoms with van der Waals surface area (Å²) >= 11 is 6.17. The van der Waals surface area contributed by atoms with E-state index in [4.69, 9.17) is 16.3 Å². The van der Waals surface area contributed by atoms with E-state index in [2.05, 4.69) is 0 Å². The summed E-state index contributed by atoms with van der Waals surface area (Å²) in [5.41, 5.74) is 0.606. The highest BCUT2D eigenvalue weighted by atomic mass is 35.5. The zero-order valence-electron chi connectivity index (χ0n) is 14.5. The van der Waals surface area contributed by atoms with Gasteiger partial charge in [-0.2, -0.15) is 0 Å². The quantitative estimate of drug-likeness (QED) is 0.693. The second kappa shape index (κ2) is 6.61. The zero-order valence-corrected chi connectivity index (χ0v) is 15.2. The van der Waals surface area contributed by atoms with Crippen molar-refractivity contribution in [2.24, 2.45) is 0 Å². The number of benzene rings is 2. The molecular weight excluding hydrogens is 361 g/mol. The third-order valence-corrected chi connectivity index (χ3v) is 4.67. The van der Waals surface area contributed by atoms with Crippen LogP contribution in [0.3, 0.4) is 0 Å². The average molecular weight is 378 g/mol. The van der Waals surface area contributed by atoms with Gasteiger partial charge >= 0.3 is 5.97 Å². The molecule has 7 heteroatoms. The van der Waals surface area contributed by atoms with E-state index in [0.717, 1.165) is 0 Å². The highest BCUT2D eigenvalue weighted by Crippen LogP contribution is 2.35. The Morgan fingerprint density at radius 2 is 2.00 bits per heavy atom. The second-order valence-corrected chi connectivity index (χ2v) is 6.74. The summed E-state index contributed by atoms with van der Waals surface area (Å²) in [7, 11) is 1.39. The predicted molar refractivity (Wildman–Crippen MR) is 99.0 cm³/mol. The van der Waals surface area contributed by atoms with Gasteiger partial charge in [-0.05, 0) is 35.7 Å². The summed E-state index contributed by atoms with van der Waals surface area (Å²) in [6, 6.07) is 5.69. The SMILES string of the molecule is COc1c(Cl)ccc2c(=O)c3cc(F)c(C(C)C)cc3n(CC(=O)O)c12. The van der Waals surface area contributed by atoms with Gasteiger partial charge in [0.05, 0.1) is 28.6 Å². The molecule has 0 atom stereocenters. The van der Waals surface area contributed by atoms with Crippen LogP contribution >= 0.6 is 11.6 Å². The van der Waals surface area contributed by atoms with Crippen molar-refractivity contribution in [3.05, 3.63) is 50.9 Å². The molecule has 0 aliphatic rings. The van der Waals surface area contributed by atoms with Gasteiger partial charge in [-0.1, -0.05) is 25.4 Å². The van der Waals surface area contributed by atoms with E-state index < -0.39 is 23.8 Å². The first-order valence-corrected chi connectivity index (χ1v) is 8.38. The lowest BCUT2D eigenvalue weighted by atomic mass is 9.99. The van der Waals surface area contributed by atoms with Crippen LogP contribution in [0.1, 0.15) is 25.3 Å². The molecule has 3 rings (SSSR count). The Morgan fingerprint density at radius 1 is 1.31 bits per heavy atom. The van der Waals surface area contributed by atoms with Crippen molar-refractivity contribution in [3.63, 3.8) is 0 Å². The van der Waals surface area contributed by atoms with E-state index in [1.807, 2.05) is 13.8 Å². The molecule has 0 aliphatic heterocycles. The minimum absolute atomic E-state index is 0.116. The minimum atomic E-state index is -1.10. The topological polar surface area (TPSA) is 68.5 Å². The van der Waals surface area contributed by atoms with Gasteiger partial charge in [-0.25, -0.2) is 4.39 Å². The van der Waals surface area contributed by atoms with Crippen LogP contribution in [0.5, 0.6) is 5.75 Å². The normalized spacial score (nSPS) is 11.5. The molecule has 1 aromatic heterocycles. The van der Waals surface area contributed by atoms with Gasteiger partial charge in [0, 0.05) is 5.39 Å². The van der Waals surface area contributed by atoms with Gasteiger partial charge in [0.15, 0.2) is 11.2 Å². The van der Waals surface area contributed by atoms with Crippen molar-refractivity contribution < 1.29 is 19.0 Å². The first-order chi connectivity index (χ1) is 12.3. The van der Waals surface area contributed by atoms with E-state index in [9.17, 15) is 19.1 Å². The largest absolute Gasteiger partial charge is 0.493 e. The molecule has 26 heavy (non-hydrogen) atoms. The number of carbonyl (C=O) groups is 1. The van der Waals surface area contributed by atoms with Crippen molar-refractivity contribution in [3.8, 4) is 5.75 Å². The molecular formula is C19H17ClFNO4. The number of hydrogen-bond donors (Lipinski definition) is 1. The second-order valence-electron chi connectivity index (χ2n) is 6.33. The Morgan fingerprint density at radius 3 is 2.58 bits per heavy atom. The Labute approximate surface area is 153 Å². The van der Waals surface area contributed by atoms with Crippen molar-refractivity contribution in [2.45, 2.75) is 26.3 Å². The van der Waals surface area contributed by atoms with E-state index in [1.54, 1.807) is 0 Å². The number of methoxy groups -OCH3 is 1. The van der Waals surface area contributed by atoms with Crippen LogP contribution in [-0.4, -0.2) is 22.8 Å². The zero-order chi connectivity index (χ0) is 19.2. The average Bonchev–Trinajstić information content (AvgIpc) is 2.57. The fourth-order valence-electron chi connectivity index (χ4n) is 3.18. The molecule has 1 N–H and O–H groups in total. The Kier molecular flexibility index (Phi) is 4.63. The summed E-state index contributed by atoms with van der Waals surface area (Å²) in [5, 5.41) is 9.96. The molecule has 0 unspecified atom stereocenters. The first kappa shape index (κ1) is 18.2. The first-order valence-electron chi connectivity index (χ1n) is 8.00. The van der Waals surface area contributed by atoms with E-state index in [-0.39, 0.29) is 33.0 Å². The van der Waals surface area contributed by atoms with Crippen molar-refractivity contribution >= 4 is 39.4 Å². The molecule has 0 bridgehead atoms. The summed E-state index contributed by atoms with van der Waals surface area (Å²) < 4.78 is 21.2. The molecule has 5 nitrogen and oxygen atoms in total. The fraction of sp³-hybridized carbons (Fsp3) is 0.263. The van der Waals surface area contributed by atoms with Crippen molar-refractivity contribution in [1.82, 2.24) is 4.57 Å². The van der Waals surface area contributed by atoms with Crippen molar-refractivity contribution in [2.75, 3.05) is 7.11 Å². The van der Waals surface area contributed by atoms with Crippen LogP contribution < -0.4 is 10.2 Å². The molecule has 2 aromatic carbocycles. The number of fused-ring (bicyclic) bond motifs is 2. The number of ether oxygens (including phenoxy) is 1. The molecule has 0 saturated carbocycles. The van der Waals surface area contributed by atoms with Crippen LogP contribution in [0.15, 0.2) is 29.1 Å². The summed E-state index contributed by atoms with van der Waals surface area (Å²) in [4.78, 5) is 24.4. The minimum Gasteiger partial charge on any atom is -0.493 e. The van der Waals surface area contributed by atoms with E-state index in [1.165, 1.54) is 35.9 Å². The highest BCUT2D eigenvalue weighted by Gasteiger charge is 2.20. The maximum absolute atomic E-state index is 14.4. The number of nitrogens with zero attached hydrogens (tertiary/aromatic N) is 1. The third-order valence-electron chi connectivity index (χ3n) is 4.37. The molecule has 0 saturated heterocycles. The summed E-state index contributed by atoms with van der Waals surface area (Å²) in [5.74, 6) is -1.52. The lowest BCUT2D eigenvalue weighted by Crippen LogP contribution is -2.17. The molecule has 0 fully saturated rings. The van der Waals surface area contributed by atoms with Gasteiger partial charge in [-0.15, -0.1) is 0 Å². The van der Waals surface area contributed by atoms with Crippen molar-refractivity contribution in [1.29, 1.82) is 0 Å². The van der Waals surface area contributed by atoms with Gasteiger partial charge in [0.2, 0.25) is 0 Å². The maximum Gasteiger partial charge on any atom is 0.323 e. The van der Waals surface area contributed by atoms with Crippen LogP contribution in [0, 0.1) is 5.82 Å². The number of aliphatic carboxylic acids is 1. The van der Waals surface area contributed by atoms with Gasteiger partial charge < -0.3 is 14.4 Å². The van der Waals surface area contributed by atoms with E-state index >= 15 is 0 Å². The number of pyridine rings is 1. The standard InChI is InChI=1S/C19H17ClFNO4/c1-9(2)11-7-15-12(6-14(11)21)18(25)10-4-5-13(20)19(26-3)17(10)22(15)8-16(23)24/h4-7,9H,8H2,1-3H3,(H,23,24). The monoisotopic (exact) mass is 377 g/mol. The molecule has 0 aliphatic carbocycles. The Hall–Kier alpha value is -2.60. The van der Waals surface area contributed by atoms with E-state index in [0.29, 0.717) is 11.1 Å². The fourth-order valence-corrected chi connectivity index (χ4v) is 3.41. The lowest BCUT2D eigenvalue weighted by molar-refractivity contribution is -0.137. The lowest BCUT2D eigenvalue weighted by Gasteiger charge is -2.18. The number of rotatable bonds is 4. The summed E-state index contributed by atoms with van der Waals surface area (Å²) in [6.45, 7) is 3.22. The molecule has 0 amide bonds. The molecule has 0 spiro atoms. The van der Waals surface area contributed by atoms with Gasteiger partial charge in [0.1, 0.15) is 12.4 Å². The van der Waals surface area contributed by atoms with Crippen LogP contribution in [0.25, 0.3) is 21.8 Å². The number of hydrogen-bond acceptors (Lipinski definition) is 3. The molecule has 0 radical (unpaired) electrons. The van der Waals surface area contributed by atoms with Gasteiger partial charge in [-0.3, -0.25) is 9.59 Å². The van der Waals surface area contributed by atoms with Gasteiger partial charge in [0.25, 0.3) is 0 Å². The summed E-state index contributed by atoms with van der Waals surface area (Å²) in [6.07, 6.45) is 0. The number of carboxylic acid groups (broad SMARTS) is 1. The third kappa shape index (κ3) is 2.80. The highest BCUT2D eigenvalue weighted by molar-refractivity contribution is 6.33. The Bertz CT molecular complexity index is 1100. The van der Waals surface area contributed by atoms with Crippen LogP contribution in [-0.2, 0) is 11.3 Å². The number of halogens is 2. The molecule has 3 aromatic rings. The van der Waals surface area contributed by atoms with Crippen LogP contribution in [0.2, 0.25) is 5.02 Å². The predicted octanol–water partition coefficient (Wildman–Crippen LogP) is 4.16. The van der Waals surface area contributed by atoms with Crippen LogP contribution in [0.4, 0.5) is 4.39 Å². The maximum atomic E-state index is 14.4.